The molecule has 1 heterocycles. The molecule has 61 heavy (non-hydrogen) atoms. The standard InChI is InChI=1S/C60H36O/c1-2-14-37(15-3-1)40-31-32-44-42(34-40)17-13-27-47(44)57-51-24-9-7-22-49(51)56(50-23-8-10-25-52(50)57)43-18-12-16-39(35-43)41-29-28-38-30-33-54-58-48-21-6-4-19-45(48)46-20-5-11-26-53(46)60(58)61-59(54)55(38)36-41/h1-36H. The van der Waals surface area contributed by atoms with Gasteiger partial charge in [0.25, 0.3) is 0 Å². The lowest BCUT2D eigenvalue weighted by Crippen LogP contribution is -1.92. The van der Waals surface area contributed by atoms with E-state index in [0.29, 0.717) is 0 Å². The summed E-state index contributed by atoms with van der Waals surface area (Å²) in [6.07, 6.45) is 0. The first-order chi connectivity index (χ1) is 30.3. The van der Waals surface area contributed by atoms with Gasteiger partial charge in [-0.15, -0.1) is 0 Å². The monoisotopic (exact) mass is 772 g/mol. The summed E-state index contributed by atoms with van der Waals surface area (Å²) in [7, 11) is 0. The number of hydrogen-bond donors (Lipinski definition) is 0. The van der Waals surface area contributed by atoms with E-state index in [2.05, 4.69) is 218 Å². The molecule has 13 rings (SSSR count). The Labute approximate surface area is 352 Å². The van der Waals surface area contributed by atoms with Crippen LogP contribution in [0.2, 0.25) is 0 Å². The van der Waals surface area contributed by atoms with Crippen LogP contribution in [-0.2, 0) is 0 Å². The molecule has 0 aliphatic heterocycles. The van der Waals surface area contributed by atoms with E-state index < -0.39 is 0 Å². The number of benzene rings is 12. The lowest BCUT2D eigenvalue weighted by molar-refractivity contribution is 0.676. The highest BCUT2D eigenvalue weighted by atomic mass is 16.3. The quantitative estimate of drug-likeness (QED) is 0.128. The normalized spacial score (nSPS) is 11.9. The molecule has 0 atom stereocenters. The van der Waals surface area contributed by atoms with Crippen LogP contribution in [0.1, 0.15) is 0 Å². The topological polar surface area (TPSA) is 13.1 Å². The molecule has 0 saturated heterocycles. The van der Waals surface area contributed by atoms with E-state index in [9.17, 15) is 0 Å². The summed E-state index contributed by atoms with van der Waals surface area (Å²) in [5, 5.41) is 16.9. The lowest BCUT2D eigenvalue weighted by Gasteiger charge is -2.19. The molecule has 0 unspecified atom stereocenters. The van der Waals surface area contributed by atoms with E-state index >= 15 is 0 Å². The lowest BCUT2D eigenvalue weighted by atomic mass is 9.84. The molecule has 0 aliphatic rings. The average Bonchev–Trinajstić information content (AvgIpc) is 3.74. The average molecular weight is 773 g/mol. The van der Waals surface area contributed by atoms with Gasteiger partial charge in [0.15, 0.2) is 0 Å². The molecule has 0 aliphatic carbocycles. The van der Waals surface area contributed by atoms with Crippen LogP contribution in [0.5, 0.6) is 0 Å². The molecule has 0 spiro atoms. The smallest absolute Gasteiger partial charge is 0.143 e. The minimum Gasteiger partial charge on any atom is -0.455 e. The van der Waals surface area contributed by atoms with Crippen LogP contribution < -0.4 is 0 Å². The highest BCUT2D eigenvalue weighted by Crippen LogP contribution is 2.47. The first-order valence-electron chi connectivity index (χ1n) is 21.1. The van der Waals surface area contributed by atoms with Crippen LogP contribution in [0.15, 0.2) is 223 Å². The fourth-order valence-electron chi connectivity index (χ4n) is 10.3. The predicted molar refractivity (Wildman–Crippen MR) is 260 cm³/mol. The predicted octanol–water partition coefficient (Wildman–Crippen LogP) is 17.2. The molecule has 1 nitrogen and oxygen atoms in total. The van der Waals surface area contributed by atoms with Crippen LogP contribution in [0.3, 0.4) is 0 Å². The Morgan fingerprint density at radius 1 is 0.230 bits per heavy atom. The molecule has 0 radical (unpaired) electrons. The highest BCUT2D eigenvalue weighted by molar-refractivity contribution is 6.32. The summed E-state index contributed by atoms with van der Waals surface area (Å²) >= 11 is 0. The molecular weight excluding hydrogens is 737 g/mol. The SMILES string of the molecule is c1ccc(-c2ccc3c(-c4c5ccccc5c(-c5cccc(-c6ccc7ccc8c(oc9c%10ccccc%10c%10ccccc%10c89)c7c6)c5)c5ccccc45)cccc3c2)cc1. The Kier molecular flexibility index (Phi) is 7.37. The first-order valence-corrected chi connectivity index (χ1v) is 21.1. The Balaban J connectivity index is 0.996. The molecule has 1 aromatic heterocycles. The van der Waals surface area contributed by atoms with Gasteiger partial charge in [-0.3, -0.25) is 0 Å². The molecule has 12 aromatic carbocycles. The summed E-state index contributed by atoms with van der Waals surface area (Å²) < 4.78 is 6.97. The largest absolute Gasteiger partial charge is 0.455 e. The van der Waals surface area contributed by atoms with E-state index in [-0.39, 0.29) is 0 Å². The summed E-state index contributed by atoms with van der Waals surface area (Å²) in [5.74, 6) is 0. The zero-order valence-electron chi connectivity index (χ0n) is 33.2. The number of fused-ring (bicyclic) bond motifs is 13. The van der Waals surface area contributed by atoms with E-state index in [1.807, 2.05) is 0 Å². The zero-order valence-corrected chi connectivity index (χ0v) is 33.2. The van der Waals surface area contributed by atoms with Gasteiger partial charge in [-0.1, -0.05) is 194 Å². The Bertz CT molecular complexity index is 3870. The van der Waals surface area contributed by atoms with Gasteiger partial charge in [0.2, 0.25) is 0 Å². The van der Waals surface area contributed by atoms with Crippen molar-refractivity contribution in [3.8, 4) is 44.5 Å². The number of rotatable bonds is 4. The van der Waals surface area contributed by atoms with E-state index in [1.54, 1.807) is 0 Å². The third-order valence-corrected chi connectivity index (χ3v) is 13.0. The van der Waals surface area contributed by atoms with Crippen molar-refractivity contribution in [2.75, 3.05) is 0 Å². The first kappa shape index (κ1) is 33.9. The van der Waals surface area contributed by atoms with Crippen molar-refractivity contribution in [2.24, 2.45) is 0 Å². The molecule has 0 bridgehead atoms. The number of furan rings is 1. The van der Waals surface area contributed by atoms with Crippen molar-refractivity contribution in [2.45, 2.75) is 0 Å². The van der Waals surface area contributed by atoms with E-state index in [1.165, 1.54) is 92.8 Å². The van der Waals surface area contributed by atoms with Gasteiger partial charge in [0.05, 0.1) is 0 Å². The van der Waals surface area contributed by atoms with Gasteiger partial charge in [0.1, 0.15) is 11.2 Å². The molecule has 282 valence electrons. The molecule has 0 fully saturated rings. The van der Waals surface area contributed by atoms with Gasteiger partial charge in [-0.05, 0) is 123 Å². The molecular formula is C60H36O. The Morgan fingerprint density at radius 2 is 0.754 bits per heavy atom. The molecule has 0 N–H and O–H groups in total. The van der Waals surface area contributed by atoms with Crippen LogP contribution in [-0.4, -0.2) is 0 Å². The highest BCUT2D eigenvalue weighted by Gasteiger charge is 2.20. The summed E-state index contributed by atoms with van der Waals surface area (Å²) in [5.41, 5.74) is 11.6. The van der Waals surface area contributed by atoms with Crippen molar-refractivity contribution in [3.05, 3.63) is 218 Å². The minimum absolute atomic E-state index is 0.935. The van der Waals surface area contributed by atoms with Crippen molar-refractivity contribution >= 4 is 86.6 Å². The summed E-state index contributed by atoms with van der Waals surface area (Å²) in [6, 6.07) is 80.0. The van der Waals surface area contributed by atoms with E-state index in [0.717, 1.165) is 38.3 Å². The Morgan fingerprint density at radius 3 is 1.51 bits per heavy atom. The zero-order chi connectivity index (χ0) is 40.0. The van der Waals surface area contributed by atoms with Gasteiger partial charge in [-0.2, -0.15) is 0 Å². The van der Waals surface area contributed by atoms with Crippen molar-refractivity contribution < 1.29 is 4.42 Å². The maximum absolute atomic E-state index is 6.97. The second-order valence-corrected chi connectivity index (χ2v) is 16.3. The van der Waals surface area contributed by atoms with Crippen LogP contribution >= 0.6 is 0 Å². The third-order valence-electron chi connectivity index (χ3n) is 13.0. The number of hydrogen-bond acceptors (Lipinski definition) is 1. The summed E-state index contributed by atoms with van der Waals surface area (Å²) in [4.78, 5) is 0. The molecule has 0 saturated carbocycles. The van der Waals surface area contributed by atoms with Crippen molar-refractivity contribution in [1.82, 2.24) is 0 Å². The fraction of sp³-hybridized carbons (Fsp3) is 0. The van der Waals surface area contributed by atoms with Gasteiger partial charge in [0, 0.05) is 21.5 Å². The molecule has 1 heteroatoms. The second-order valence-electron chi connectivity index (χ2n) is 16.3. The van der Waals surface area contributed by atoms with E-state index in [4.69, 9.17) is 4.42 Å². The van der Waals surface area contributed by atoms with Gasteiger partial charge >= 0.3 is 0 Å². The fourth-order valence-corrected chi connectivity index (χ4v) is 10.3. The van der Waals surface area contributed by atoms with Crippen LogP contribution in [0.4, 0.5) is 0 Å². The Hall–Kier alpha value is -8.00. The minimum atomic E-state index is 0.935. The van der Waals surface area contributed by atoms with Crippen LogP contribution in [0.25, 0.3) is 131 Å². The van der Waals surface area contributed by atoms with Crippen LogP contribution in [0, 0.1) is 0 Å². The maximum Gasteiger partial charge on any atom is 0.143 e. The molecule has 13 aromatic rings. The van der Waals surface area contributed by atoms with Crippen molar-refractivity contribution in [1.29, 1.82) is 0 Å². The van der Waals surface area contributed by atoms with Gasteiger partial charge < -0.3 is 4.42 Å². The van der Waals surface area contributed by atoms with Crippen molar-refractivity contribution in [3.63, 3.8) is 0 Å². The van der Waals surface area contributed by atoms with Gasteiger partial charge in [-0.25, -0.2) is 0 Å². The molecule has 0 amide bonds. The third kappa shape index (κ3) is 5.14. The summed E-state index contributed by atoms with van der Waals surface area (Å²) in [6.45, 7) is 0. The second kappa shape index (κ2) is 13.3. The maximum atomic E-state index is 6.97.